The number of benzene rings is 1. The molecule has 0 spiro atoms. The summed E-state index contributed by atoms with van der Waals surface area (Å²) in [5.41, 5.74) is 0.501. The topological polar surface area (TPSA) is 75.6 Å². The highest BCUT2D eigenvalue weighted by atomic mass is 32.2. The van der Waals surface area contributed by atoms with E-state index in [9.17, 15) is 8.42 Å². The van der Waals surface area contributed by atoms with Crippen molar-refractivity contribution in [2.45, 2.75) is 11.8 Å². The van der Waals surface area contributed by atoms with E-state index in [0.717, 1.165) is 0 Å². The maximum absolute atomic E-state index is 11.9. The third-order valence-electron chi connectivity index (χ3n) is 2.10. The van der Waals surface area contributed by atoms with Crippen molar-refractivity contribution < 1.29 is 18.3 Å². The summed E-state index contributed by atoms with van der Waals surface area (Å²) in [5, 5.41) is 8.61. The first-order chi connectivity index (χ1) is 8.55. The number of nitrogens with one attached hydrogen (secondary N) is 1. The summed E-state index contributed by atoms with van der Waals surface area (Å²) in [5.74, 6) is 5.37. The molecule has 0 radical (unpaired) electrons. The van der Waals surface area contributed by atoms with Gasteiger partial charge in [-0.2, -0.15) is 0 Å². The third-order valence-corrected chi connectivity index (χ3v) is 3.67. The van der Waals surface area contributed by atoms with Crippen molar-refractivity contribution in [3.63, 3.8) is 0 Å². The normalized spacial score (nSPS) is 10.6. The van der Waals surface area contributed by atoms with Crippen LogP contribution in [0.5, 0.6) is 5.75 Å². The molecular weight excluding hydrogens is 254 g/mol. The second-order valence-corrected chi connectivity index (χ2v) is 5.06. The van der Waals surface area contributed by atoms with Gasteiger partial charge in [0.15, 0.2) is 0 Å². The molecule has 0 fully saturated rings. The van der Waals surface area contributed by atoms with Gasteiger partial charge in [-0.05, 0) is 18.2 Å². The van der Waals surface area contributed by atoms with Crippen LogP contribution in [0.15, 0.2) is 23.1 Å². The van der Waals surface area contributed by atoms with Gasteiger partial charge in [0, 0.05) is 12.1 Å². The molecule has 18 heavy (non-hydrogen) atoms. The number of rotatable bonds is 4. The van der Waals surface area contributed by atoms with E-state index in [1.54, 1.807) is 13.0 Å². The zero-order valence-electron chi connectivity index (χ0n) is 10.2. The van der Waals surface area contributed by atoms with Crippen molar-refractivity contribution in [2.75, 3.05) is 20.3 Å². The van der Waals surface area contributed by atoms with Gasteiger partial charge in [-0.1, -0.05) is 18.8 Å². The molecule has 0 aliphatic rings. The van der Waals surface area contributed by atoms with Gasteiger partial charge in [0.1, 0.15) is 17.3 Å². The number of hydrogen-bond donors (Lipinski definition) is 2. The van der Waals surface area contributed by atoms with Gasteiger partial charge < -0.3 is 9.84 Å². The van der Waals surface area contributed by atoms with Crippen molar-refractivity contribution in [3.8, 4) is 17.6 Å². The standard InChI is InChI=1S/C12H15NO4S/c1-3-13-18(15,16)12-9-10(5-4-8-14)6-7-11(12)17-2/h6-7,9,13-14H,3,8H2,1-2H3. The van der Waals surface area contributed by atoms with Gasteiger partial charge in [0.2, 0.25) is 10.0 Å². The predicted molar refractivity (Wildman–Crippen MR) is 67.8 cm³/mol. The molecule has 0 atom stereocenters. The van der Waals surface area contributed by atoms with Crippen LogP contribution < -0.4 is 9.46 Å². The van der Waals surface area contributed by atoms with E-state index in [4.69, 9.17) is 9.84 Å². The molecule has 6 heteroatoms. The summed E-state index contributed by atoms with van der Waals surface area (Å²) in [6.07, 6.45) is 0. The molecule has 5 nitrogen and oxygen atoms in total. The van der Waals surface area contributed by atoms with E-state index >= 15 is 0 Å². The molecule has 98 valence electrons. The van der Waals surface area contributed by atoms with Gasteiger partial charge >= 0.3 is 0 Å². The summed E-state index contributed by atoms with van der Waals surface area (Å²) in [6, 6.07) is 4.58. The highest BCUT2D eigenvalue weighted by molar-refractivity contribution is 7.89. The van der Waals surface area contributed by atoms with E-state index < -0.39 is 10.0 Å². The highest BCUT2D eigenvalue weighted by Gasteiger charge is 2.18. The molecule has 2 N–H and O–H groups in total. The molecule has 1 aromatic rings. The first kappa shape index (κ1) is 14.5. The van der Waals surface area contributed by atoms with Gasteiger partial charge in [-0.15, -0.1) is 0 Å². The fraction of sp³-hybridized carbons (Fsp3) is 0.333. The summed E-state index contributed by atoms with van der Waals surface area (Å²) < 4.78 is 31.3. The average Bonchev–Trinajstić information content (AvgIpc) is 2.36. The minimum Gasteiger partial charge on any atom is -0.495 e. The number of aliphatic hydroxyl groups is 1. The molecule has 0 aliphatic heterocycles. The summed E-state index contributed by atoms with van der Waals surface area (Å²) in [4.78, 5) is 0.0385. The Morgan fingerprint density at radius 3 is 2.72 bits per heavy atom. The summed E-state index contributed by atoms with van der Waals surface area (Å²) in [7, 11) is -2.20. The van der Waals surface area contributed by atoms with E-state index in [1.165, 1.54) is 19.2 Å². The Morgan fingerprint density at radius 1 is 1.44 bits per heavy atom. The zero-order chi connectivity index (χ0) is 13.6. The van der Waals surface area contributed by atoms with Gasteiger partial charge in [0.05, 0.1) is 7.11 Å². The lowest BCUT2D eigenvalue weighted by atomic mass is 10.2. The SMILES string of the molecule is CCNS(=O)(=O)c1cc(C#CCO)ccc1OC. The van der Waals surface area contributed by atoms with Crippen LogP contribution in [0.1, 0.15) is 12.5 Å². The summed E-state index contributed by atoms with van der Waals surface area (Å²) in [6.45, 7) is 1.71. The van der Waals surface area contributed by atoms with Crippen LogP contribution in [0.2, 0.25) is 0 Å². The maximum Gasteiger partial charge on any atom is 0.244 e. The lowest BCUT2D eigenvalue weighted by Crippen LogP contribution is -2.23. The fourth-order valence-corrected chi connectivity index (χ4v) is 2.61. The monoisotopic (exact) mass is 269 g/mol. The second-order valence-electron chi connectivity index (χ2n) is 3.33. The van der Waals surface area contributed by atoms with Crippen molar-refractivity contribution >= 4 is 10.0 Å². The summed E-state index contributed by atoms with van der Waals surface area (Å²) >= 11 is 0. The van der Waals surface area contributed by atoms with Crippen LogP contribution in [0, 0.1) is 11.8 Å². The molecule has 1 rings (SSSR count). The number of aliphatic hydroxyl groups excluding tert-OH is 1. The molecule has 0 saturated heterocycles. The van der Waals surface area contributed by atoms with Crippen LogP contribution in [0.4, 0.5) is 0 Å². The lowest BCUT2D eigenvalue weighted by Gasteiger charge is -2.10. The number of methoxy groups -OCH3 is 1. The molecule has 0 amide bonds. The van der Waals surface area contributed by atoms with Crippen LogP contribution >= 0.6 is 0 Å². The molecule has 0 unspecified atom stereocenters. The Kier molecular flexibility index (Phi) is 5.16. The van der Waals surface area contributed by atoms with E-state index in [2.05, 4.69) is 16.6 Å². The first-order valence-electron chi connectivity index (χ1n) is 5.32. The van der Waals surface area contributed by atoms with E-state index in [0.29, 0.717) is 5.56 Å². The Bertz CT molecular complexity index is 569. The van der Waals surface area contributed by atoms with Crippen molar-refractivity contribution in [3.05, 3.63) is 23.8 Å². The number of hydrogen-bond acceptors (Lipinski definition) is 4. The minimum atomic E-state index is -3.61. The van der Waals surface area contributed by atoms with Gasteiger partial charge in [-0.25, -0.2) is 13.1 Å². The van der Waals surface area contributed by atoms with Crippen molar-refractivity contribution in [2.24, 2.45) is 0 Å². The van der Waals surface area contributed by atoms with E-state index in [1.807, 2.05) is 0 Å². The quantitative estimate of drug-likeness (QED) is 0.773. The van der Waals surface area contributed by atoms with Crippen LogP contribution in [-0.4, -0.2) is 33.8 Å². The van der Waals surface area contributed by atoms with Gasteiger partial charge in [0.25, 0.3) is 0 Å². The zero-order valence-corrected chi connectivity index (χ0v) is 11.0. The van der Waals surface area contributed by atoms with Crippen molar-refractivity contribution in [1.82, 2.24) is 4.72 Å². The van der Waals surface area contributed by atoms with Crippen LogP contribution in [0.3, 0.4) is 0 Å². The smallest absolute Gasteiger partial charge is 0.244 e. The molecule has 0 aliphatic carbocycles. The highest BCUT2D eigenvalue weighted by Crippen LogP contribution is 2.24. The predicted octanol–water partition coefficient (Wildman–Crippen LogP) is 0.337. The third kappa shape index (κ3) is 3.47. The molecular formula is C12H15NO4S. The molecule has 0 heterocycles. The first-order valence-corrected chi connectivity index (χ1v) is 6.81. The average molecular weight is 269 g/mol. The van der Waals surface area contributed by atoms with Crippen LogP contribution in [0.25, 0.3) is 0 Å². The van der Waals surface area contributed by atoms with Crippen molar-refractivity contribution in [1.29, 1.82) is 0 Å². The fourth-order valence-electron chi connectivity index (χ4n) is 1.37. The Balaban J connectivity index is 3.31. The molecule has 0 aromatic heterocycles. The minimum absolute atomic E-state index is 0.0385. The lowest BCUT2D eigenvalue weighted by molar-refractivity contribution is 0.350. The van der Waals surface area contributed by atoms with Gasteiger partial charge in [-0.3, -0.25) is 0 Å². The Hall–Kier alpha value is -1.55. The number of sulfonamides is 1. The Morgan fingerprint density at radius 2 is 2.17 bits per heavy atom. The van der Waals surface area contributed by atoms with E-state index in [-0.39, 0.29) is 23.8 Å². The maximum atomic E-state index is 11.9. The molecule has 0 bridgehead atoms. The van der Waals surface area contributed by atoms with Crippen LogP contribution in [-0.2, 0) is 10.0 Å². The largest absolute Gasteiger partial charge is 0.495 e. The molecule has 0 saturated carbocycles. The number of ether oxygens (including phenoxy) is 1. The Labute approximate surface area is 107 Å². The second kappa shape index (κ2) is 6.40. The molecule has 1 aromatic carbocycles.